The summed E-state index contributed by atoms with van der Waals surface area (Å²) in [5, 5.41) is 0. The third-order valence-corrected chi connectivity index (χ3v) is 7.67. The number of Topliss-reactive ketones (excluding diaryl/α,β-unsaturated/α-hetero) is 2. The fourth-order valence-electron chi connectivity index (χ4n) is 6.15. The summed E-state index contributed by atoms with van der Waals surface area (Å²) in [5.41, 5.74) is 1.77. The van der Waals surface area contributed by atoms with Gasteiger partial charge in [-0.1, -0.05) is 19.4 Å². The maximum Gasteiger partial charge on any atom is 0.195 e. The van der Waals surface area contributed by atoms with Crippen molar-refractivity contribution in [3.8, 4) is 5.75 Å². The van der Waals surface area contributed by atoms with Crippen LogP contribution >= 0.6 is 0 Å². The van der Waals surface area contributed by atoms with Crippen molar-refractivity contribution in [3.63, 3.8) is 0 Å². The van der Waals surface area contributed by atoms with Gasteiger partial charge in [0.25, 0.3) is 0 Å². The summed E-state index contributed by atoms with van der Waals surface area (Å²) in [5.74, 6) is 1.31. The lowest BCUT2D eigenvalue weighted by Crippen LogP contribution is -2.60. The van der Waals surface area contributed by atoms with Gasteiger partial charge in [0.2, 0.25) is 0 Å². The molecule has 4 rings (SSSR count). The van der Waals surface area contributed by atoms with E-state index in [0.717, 1.165) is 43.6 Å². The Labute approximate surface area is 178 Å². The number of carbonyl (C=O) groups is 2. The van der Waals surface area contributed by atoms with Gasteiger partial charge in [-0.05, 0) is 43.7 Å². The van der Waals surface area contributed by atoms with Crippen LogP contribution in [0.5, 0.6) is 5.75 Å². The van der Waals surface area contributed by atoms with Crippen molar-refractivity contribution in [2.45, 2.75) is 44.7 Å². The Hall–Kier alpha value is -2.34. The van der Waals surface area contributed by atoms with Crippen molar-refractivity contribution in [2.75, 3.05) is 39.3 Å². The number of rotatable bonds is 5. The predicted octanol–water partition coefficient (Wildman–Crippen LogP) is 3.31. The molecule has 0 bridgehead atoms. The first-order chi connectivity index (χ1) is 14.4. The quantitative estimate of drug-likeness (QED) is 0.546. The first-order valence-electron chi connectivity index (χ1n) is 10.8. The van der Waals surface area contributed by atoms with E-state index in [1.54, 1.807) is 27.4 Å². The van der Waals surface area contributed by atoms with E-state index in [9.17, 15) is 9.59 Å². The lowest BCUT2D eigenvalue weighted by molar-refractivity contribution is -0.114. The Morgan fingerprint density at radius 2 is 2.10 bits per heavy atom. The Morgan fingerprint density at radius 3 is 2.73 bits per heavy atom. The van der Waals surface area contributed by atoms with Gasteiger partial charge in [0.1, 0.15) is 11.3 Å². The van der Waals surface area contributed by atoms with Crippen LogP contribution in [0.1, 0.15) is 43.5 Å². The highest BCUT2D eigenvalue weighted by molar-refractivity contribution is 6.16. The second-order valence-electron chi connectivity index (χ2n) is 8.80. The molecule has 1 spiro atoms. The Morgan fingerprint density at radius 1 is 1.33 bits per heavy atom. The summed E-state index contributed by atoms with van der Waals surface area (Å²) < 4.78 is 10.8. The molecule has 3 aliphatic rings. The van der Waals surface area contributed by atoms with Gasteiger partial charge in [-0.2, -0.15) is 0 Å². The number of likely N-dealkylation sites (N-methyl/N-ethyl adjacent to an activating group) is 1. The summed E-state index contributed by atoms with van der Waals surface area (Å²) in [6.07, 6.45) is 4.18. The zero-order chi connectivity index (χ0) is 21.6. The van der Waals surface area contributed by atoms with E-state index >= 15 is 0 Å². The van der Waals surface area contributed by atoms with Crippen LogP contribution in [0.15, 0.2) is 30.0 Å². The zero-order valence-corrected chi connectivity index (χ0v) is 18.6. The third kappa shape index (κ3) is 2.80. The van der Waals surface area contributed by atoms with E-state index < -0.39 is 5.54 Å². The van der Waals surface area contributed by atoms with E-state index in [4.69, 9.17) is 9.47 Å². The Kier molecular flexibility index (Phi) is 5.39. The monoisotopic (exact) mass is 412 g/mol. The van der Waals surface area contributed by atoms with Gasteiger partial charge < -0.3 is 14.4 Å². The SMILES string of the molecule is CC[C@@H]1CN2CC[C@@]3(C(=O)c4c(OC)cccc4N3C)C2C[C@@H]1C(=COC)C(C)=O. The summed E-state index contributed by atoms with van der Waals surface area (Å²) in [6, 6.07) is 5.87. The Balaban J connectivity index is 1.76. The molecule has 1 aromatic carbocycles. The van der Waals surface area contributed by atoms with Crippen molar-refractivity contribution in [1.82, 2.24) is 4.90 Å². The minimum Gasteiger partial charge on any atom is -0.504 e. The second-order valence-corrected chi connectivity index (χ2v) is 8.80. The molecule has 3 heterocycles. The van der Waals surface area contributed by atoms with Crippen LogP contribution in [0.4, 0.5) is 5.69 Å². The lowest BCUT2D eigenvalue weighted by Gasteiger charge is -2.47. The van der Waals surface area contributed by atoms with Gasteiger partial charge in [0.15, 0.2) is 11.6 Å². The standard InChI is InChI=1S/C24H32N2O4/c1-6-16-13-26-11-10-24(21(26)12-17(16)18(14-29-4)15(2)27)23(28)22-19(25(24)3)8-7-9-20(22)30-5/h7-9,14,16-17,21H,6,10-13H2,1-5H3/t16-,17+,21?,24+/m1/s1. The van der Waals surface area contributed by atoms with Crippen LogP contribution < -0.4 is 9.64 Å². The molecule has 6 heteroatoms. The second kappa shape index (κ2) is 7.73. The van der Waals surface area contributed by atoms with E-state index in [1.165, 1.54) is 0 Å². The van der Waals surface area contributed by atoms with Crippen LogP contribution in [-0.4, -0.2) is 62.4 Å². The van der Waals surface area contributed by atoms with Crippen LogP contribution in [0.3, 0.4) is 0 Å². The fourth-order valence-corrected chi connectivity index (χ4v) is 6.15. The van der Waals surface area contributed by atoms with Gasteiger partial charge in [0.05, 0.1) is 31.7 Å². The number of allylic oxidation sites excluding steroid dienone is 1. The first-order valence-corrected chi connectivity index (χ1v) is 10.8. The number of anilines is 1. The minimum atomic E-state index is -0.608. The molecule has 4 atom stereocenters. The highest BCUT2D eigenvalue weighted by Gasteiger charge is 2.62. The van der Waals surface area contributed by atoms with Crippen molar-refractivity contribution >= 4 is 17.3 Å². The van der Waals surface area contributed by atoms with Crippen molar-refractivity contribution < 1.29 is 19.1 Å². The number of fused-ring (bicyclic) bond motifs is 3. The molecular weight excluding hydrogens is 380 g/mol. The number of ether oxygens (including phenoxy) is 2. The topological polar surface area (TPSA) is 59.1 Å². The average Bonchev–Trinajstić information content (AvgIpc) is 3.23. The highest BCUT2D eigenvalue weighted by Crippen LogP contribution is 2.53. The first kappa shape index (κ1) is 20.9. The Bertz CT molecular complexity index is 895. The molecule has 2 fully saturated rings. The maximum absolute atomic E-state index is 13.9. The average molecular weight is 413 g/mol. The lowest BCUT2D eigenvalue weighted by atomic mass is 9.71. The molecule has 0 radical (unpaired) electrons. The molecule has 0 aliphatic carbocycles. The molecular formula is C24H32N2O4. The summed E-state index contributed by atoms with van der Waals surface area (Å²) in [6.45, 7) is 5.59. The number of nitrogens with zero attached hydrogens (tertiary/aromatic N) is 2. The molecule has 1 unspecified atom stereocenters. The fraction of sp³-hybridized carbons (Fsp3) is 0.583. The van der Waals surface area contributed by atoms with E-state index in [2.05, 4.69) is 16.7 Å². The summed E-state index contributed by atoms with van der Waals surface area (Å²) in [7, 11) is 5.24. The van der Waals surface area contributed by atoms with Crippen LogP contribution in [-0.2, 0) is 9.53 Å². The number of ketones is 2. The van der Waals surface area contributed by atoms with Gasteiger partial charge in [-0.15, -0.1) is 0 Å². The smallest absolute Gasteiger partial charge is 0.195 e. The molecule has 2 saturated heterocycles. The molecule has 3 aliphatic heterocycles. The molecule has 162 valence electrons. The molecule has 0 aromatic heterocycles. The van der Waals surface area contributed by atoms with Gasteiger partial charge in [0, 0.05) is 31.8 Å². The largest absolute Gasteiger partial charge is 0.504 e. The van der Waals surface area contributed by atoms with E-state index in [0.29, 0.717) is 17.2 Å². The summed E-state index contributed by atoms with van der Waals surface area (Å²) >= 11 is 0. The van der Waals surface area contributed by atoms with Gasteiger partial charge >= 0.3 is 0 Å². The van der Waals surface area contributed by atoms with Gasteiger partial charge in [-0.3, -0.25) is 14.5 Å². The third-order valence-electron chi connectivity index (χ3n) is 7.67. The number of benzene rings is 1. The van der Waals surface area contributed by atoms with Crippen LogP contribution in [0.2, 0.25) is 0 Å². The zero-order valence-electron chi connectivity index (χ0n) is 18.6. The molecule has 6 nitrogen and oxygen atoms in total. The predicted molar refractivity (Wildman–Crippen MR) is 116 cm³/mol. The molecule has 0 saturated carbocycles. The number of hydrogen-bond donors (Lipinski definition) is 0. The molecule has 0 amide bonds. The van der Waals surface area contributed by atoms with Crippen LogP contribution in [0.25, 0.3) is 0 Å². The normalized spacial score (nSPS) is 31.1. The summed E-state index contributed by atoms with van der Waals surface area (Å²) in [4.78, 5) is 31.0. The number of carbonyl (C=O) groups excluding carboxylic acids is 2. The molecule has 30 heavy (non-hydrogen) atoms. The van der Waals surface area contributed by atoms with E-state index in [1.807, 2.05) is 25.2 Å². The molecule has 1 aromatic rings. The van der Waals surface area contributed by atoms with Gasteiger partial charge in [-0.25, -0.2) is 0 Å². The van der Waals surface area contributed by atoms with Crippen LogP contribution in [0, 0.1) is 11.8 Å². The van der Waals surface area contributed by atoms with Crippen molar-refractivity contribution in [2.24, 2.45) is 11.8 Å². The number of hydrogen-bond acceptors (Lipinski definition) is 6. The minimum absolute atomic E-state index is 0.0526. The molecule has 0 N–H and O–H groups in total. The van der Waals surface area contributed by atoms with E-state index in [-0.39, 0.29) is 23.5 Å². The van der Waals surface area contributed by atoms with Crippen molar-refractivity contribution in [1.29, 1.82) is 0 Å². The highest BCUT2D eigenvalue weighted by atomic mass is 16.5. The van der Waals surface area contributed by atoms with Crippen molar-refractivity contribution in [3.05, 3.63) is 35.6 Å². The maximum atomic E-state index is 13.9. The number of methoxy groups -OCH3 is 2. The number of piperidine rings is 1.